The topological polar surface area (TPSA) is 3.24 Å². The van der Waals surface area contributed by atoms with Crippen LogP contribution < -0.4 is 4.90 Å². The van der Waals surface area contributed by atoms with Crippen LogP contribution in [0, 0.1) is 20.8 Å². The molecule has 0 N–H and O–H groups in total. The van der Waals surface area contributed by atoms with Gasteiger partial charge >= 0.3 is 0 Å². The van der Waals surface area contributed by atoms with Gasteiger partial charge in [0.2, 0.25) is 0 Å². The van der Waals surface area contributed by atoms with E-state index in [1.807, 2.05) is 0 Å². The lowest BCUT2D eigenvalue weighted by Crippen LogP contribution is -2.26. The van der Waals surface area contributed by atoms with Gasteiger partial charge in [-0.1, -0.05) is 177 Å². The number of hydrogen-bond donors (Lipinski definition) is 0. The van der Waals surface area contributed by atoms with E-state index in [2.05, 4.69) is 234 Å². The molecule has 3 aliphatic rings. The molecule has 1 heteroatoms. The van der Waals surface area contributed by atoms with E-state index in [0.29, 0.717) is 0 Å². The normalized spacial score (nSPS) is 14.1. The molecule has 0 radical (unpaired) electrons. The largest absolute Gasteiger partial charge is 0.310 e. The smallest absolute Gasteiger partial charge is 0.0726 e. The van der Waals surface area contributed by atoms with Gasteiger partial charge in [-0.2, -0.15) is 0 Å². The number of fused-ring (bicyclic) bond motifs is 13. The van der Waals surface area contributed by atoms with Gasteiger partial charge in [0.25, 0.3) is 0 Å². The Morgan fingerprint density at radius 1 is 0.306 bits per heavy atom. The molecule has 0 saturated carbocycles. The molecule has 9 aromatic rings. The van der Waals surface area contributed by atoms with Crippen molar-refractivity contribution in [3.8, 4) is 55.6 Å². The van der Waals surface area contributed by atoms with E-state index in [1.54, 1.807) is 0 Å². The first kappa shape index (κ1) is 36.6. The molecular weight excluding hydrogens is 747 g/mol. The van der Waals surface area contributed by atoms with Crippen LogP contribution in [0.15, 0.2) is 194 Å². The maximum atomic E-state index is 2.51. The molecule has 0 amide bonds. The van der Waals surface area contributed by atoms with Crippen molar-refractivity contribution in [2.24, 2.45) is 0 Å². The van der Waals surface area contributed by atoms with E-state index in [4.69, 9.17) is 0 Å². The number of anilines is 3. The van der Waals surface area contributed by atoms with E-state index in [0.717, 1.165) is 17.1 Å². The Bertz CT molecular complexity index is 3220. The zero-order chi connectivity index (χ0) is 41.9. The first-order valence-electron chi connectivity index (χ1n) is 22.0. The van der Waals surface area contributed by atoms with Gasteiger partial charge in [-0.3, -0.25) is 0 Å². The minimum atomic E-state index is -0.426. The van der Waals surface area contributed by atoms with Crippen molar-refractivity contribution in [3.05, 3.63) is 244 Å². The zero-order valence-corrected chi connectivity index (χ0v) is 35.9. The summed E-state index contributed by atoms with van der Waals surface area (Å²) in [5.41, 5.74) is 27.8. The van der Waals surface area contributed by atoms with Gasteiger partial charge in [-0.05, 0) is 158 Å². The minimum Gasteiger partial charge on any atom is -0.310 e. The summed E-state index contributed by atoms with van der Waals surface area (Å²) >= 11 is 0. The third-order valence-electron chi connectivity index (χ3n) is 14.3. The molecule has 1 nitrogen and oxygen atoms in total. The first-order chi connectivity index (χ1) is 30.2. The van der Waals surface area contributed by atoms with E-state index < -0.39 is 5.41 Å². The lowest BCUT2D eigenvalue weighted by atomic mass is 9.70. The van der Waals surface area contributed by atoms with Gasteiger partial charge in [0.1, 0.15) is 0 Å². The van der Waals surface area contributed by atoms with Crippen LogP contribution in [0.1, 0.15) is 63.9 Å². The average molecular weight is 794 g/mol. The summed E-state index contributed by atoms with van der Waals surface area (Å²) < 4.78 is 0. The molecule has 0 aromatic heterocycles. The summed E-state index contributed by atoms with van der Waals surface area (Å²) in [6.07, 6.45) is 0. The fraction of sp³-hybridized carbons (Fsp3) is 0.115. The highest BCUT2D eigenvalue weighted by atomic mass is 15.1. The number of rotatable bonds is 5. The first-order valence-corrected chi connectivity index (χ1v) is 22.0. The Morgan fingerprint density at radius 3 is 1.31 bits per heavy atom. The number of benzene rings is 9. The molecular formula is C61H47N. The average Bonchev–Trinajstić information content (AvgIpc) is 3.85. The third kappa shape index (κ3) is 5.15. The second-order valence-corrected chi connectivity index (χ2v) is 18.3. The standard InChI is InChI=1S/C61H47N/c1-38-32-39(2)34-43(33-38)42-23-22-40(3)53(35-42)41-24-26-44(27-25-41)62(45-28-30-51-47-14-6-10-18-54(47)60(4,5)58(51)36-45)46-29-31-52-50-17-9-13-21-57(50)61(59(52)37-46)55-19-11-7-15-48(55)49-16-8-12-20-56(49)61/h6-37H,1-5H3. The van der Waals surface area contributed by atoms with Gasteiger partial charge in [0.15, 0.2) is 0 Å². The van der Waals surface area contributed by atoms with Crippen LogP contribution in [0.4, 0.5) is 17.1 Å². The Balaban J connectivity index is 1.05. The highest BCUT2D eigenvalue weighted by Gasteiger charge is 2.51. The molecule has 0 fully saturated rings. The molecule has 0 bridgehead atoms. The highest BCUT2D eigenvalue weighted by molar-refractivity contribution is 5.96. The molecule has 296 valence electrons. The van der Waals surface area contributed by atoms with Gasteiger partial charge in [-0.15, -0.1) is 0 Å². The van der Waals surface area contributed by atoms with E-state index >= 15 is 0 Å². The Hall–Kier alpha value is -7.22. The molecule has 0 heterocycles. The molecule has 0 atom stereocenters. The number of hydrogen-bond acceptors (Lipinski definition) is 1. The van der Waals surface area contributed by atoms with Gasteiger partial charge in [-0.25, -0.2) is 0 Å². The lowest BCUT2D eigenvalue weighted by molar-refractivity contribution is 0.660. The Kier molecular flexibility index (Phi) is 7.91. The van der Waals surface area contributed by atoms with E-state index in [1.165, 1.54) is 106 Å². The molecule has 0 unspecified atom stereocenters. The molecule has 3 aliphatic carbocycles. The van der Waals surface area contributed by atoms with Crippen LogP contribution in [0.5, 0.6) is 0 Å². The van der Waals surface area contributed by atoms with Crippen LogP contribution in [-0.2, 0) is 10.8 Å². The minimum absolute atomic E-state index is 0.128. The fourth-order valence-corrected chi connectivity index (χ4v) is 11.5. The fourth-order valence-electron chi connectivity index (χ4n) is 11.5. The summed E-state index contributed by atoms with van der Waals surface area (Å²) in [7, 11) is 0. The summed E-state index contributed by atoms with van der Waals surface area (Å²) in [5.74, 6) is 0. The molecule has 62 heavy (non-hydrogen) atoms. The van der Waals surface area contributed by atoms with Crippen molar-refractivity contribution < 1.29 is 0 Å². The zero-order valence-electron chi connectivity index (χ0n) is 35.9. The summed E-state index contributed by atoms with van der Waals surface area (Å²) in [5, 5.41) is 0. The van der Waals surface area contributed by atoms with Crippen molar-refractivity contribution in [1.29, 1.82) is 0 Å². The van der Waals surface area contributed by atoms with Gasteiger partial charge in [0.05, 0.1) is 5.41 Å². The summed E-state index contributed by atoms with van der Waals surface area (Å²) in [6, 6.07) is 73.6. The van der Waals surface area contributed by atoms with Crippen molar-refractivity contribution >= 4 is 17.1 Å². The van der Waals surface area contributed by atoms with Crippen LogP contribution in [0.3, 0.4) is 0 Å². The highest BCUT2D eigenvalue weighted by Crippen LogP contribution is 2.63. The van der Waals surface area contributed by atoms with Gasteiger partial charge < -0.3 is 4.90 Å². The Morgan fingerprint density at radius 2 is 0.742 bits per heavy atom. The predicted molar refractivity (Wildman–Crippen MR) is 260 cm³/mol. The molecule has 0 aliphatic heterocycles. The number of aryl methyl sites for hydroxylation is 3. The summed E-state index contributed by atoms with van der Waals surface area (Å²) in [6.45, 7) is 11.3. The van der Waals surface area contributed by atoms with Crippen molar-refractivity contribution in [1.82, 2.24) is 0 Å². The van der Waals surface area contributed by atoms with E-state index in [-0.39, 0.29) is 5.41 Å². The van der Waals surface area contributed by atoms with Crippen molar-refractivity contribution in [3.63, 3.8) is 0 Å². The summed E-state index contributed by atoms with van der Waals surface area (Å²) in [4.78, 5) is 2.49. The molecule has 1 spiro atoms. The van der Waals surface area contributed by atoms with Crippen LogP contribution in [0.25, 0.3) is 55.6 Å². The van der Waals surface area contributed by atoms with E-state index in [9.17, 15) is 0 Å². The van der Waals surface area contributed by atoms with Crippen LogP contribution in [-0.4, -0.2) is 0 Å². The second kappa shape index (κ2) is 13.4. The van der Waals surface area contributed by atoms with Crippen LogP contribution >= 0.6 is 0 Å². The third-order valence-corrected chi connectivity index (χ3v) is 14.3. The second-order valence-electron chi connectivity index (χ2n) is 18.3. The maximum absolute atomic E-state index is 2.51. The SMILES string of the molecule is Cc1cc(C)cc(-c2ccc(C)c(-c3ccc(N(c4ccc5c(c4)C(C)(C)c4ccccc4-5)c4ccc5c(c4)C4(c6ccccc6-c6ccccc64)c4ccccc4-5)cc3)c2)c1. The lowest BCUT2D eigenvalue weighted by Gasteiger charge is -2.32. The number of nitrogens with zero attached hydrogens (tertiary/aromatic N) is 1. The maximum Gasteiger partial charge on any atom is 0.0726 e. The molecule has 0 saturated heterocycles. The molecule has 12 rings (SSSR count). The Labute approximate surface area is 365 Å². The molecule has 9 aromatic carbocycles. The van der Waals surface area contributed by atoms with Crippen molar-refractivity contribution in [2.75, 3.05) is 4.90 Å². The quantitative estimate of drug-likeness (QED) is 0.168. The van der Waals surface area contributed by atoms with Crippen molar-refractivity contribution in [2.45, 2.75) is 45.4 Å². The van der Waals surface area contributed by atoms with Crippen LogP contribution in [0.2, 0.25) is 0 Å². The monoisotopic (exact) mass is 793 g/mol. The predicted octanol–water partition coefficient (Wildman–Crippen LogP) is 16.1. The van der Waals surface area contributed by atoms with Gasteiger partial charge in [0, 0.05) is 22.5 Å².